The van der Waals surface area contributed by atoms with Gasteiger partial charge in [0.25, 0.3) is 0 Å². The number of carbonyl (C=O) groups excluding carboxylic acids is 1. The Morgan fingerprint density at radius 1 is 1.18 bits per heavy atom. The lowest BCUT2D eigenvalue weighted by molar-refractivity contribution is -0.120. The van der Waals surface area contributed by atoms with Crippen LogP contribution in [0.25, 0.3) is 0 Å². The summed E-state index contributed by atoms with van der Waals surface area (Å²) in [5.41, 5.74) is 1.29. The summed E-state index contributed by atoms with van der Waals surface area (Å²) in [6.07, 6.45) is 8.36. The number of hydrogen-bond donors (Lipinski definition) is 3. The van der Waals surface area contributed by atoms with Crippen molar-refractivity contribution in [2.24, 2.45) is 5.41 Å². The van der Waals surface area contributed by atoms with Gasteiger partial charge in [-0.15, -0.1) is 0 Å². The third kappa shape index (κ3) is 7.34. The molecule has 2 atom stereocenters. The molecule has 1 aromatic carbocycles. The number of aliphatic hydroxyl groups excluding tert-OH is 1. The lowest BCUT2D eigenvalue weighted by Crippen LogP contribution is -2.53. The largest absolute Gasteiger partial charge is 0.390 e. The summed E-state index contributed by atoms with van der Waals surface area (Å²) in [4.78, 5) is 11.8. The lowest BCUT2D eigenvalue weighted by Gasteiger charge is -2.39. The molecule has 1 aromatic heterocycles. The minimum atomic E-state index is -0.946. The van der Waals surface area contributed by atoms with Crippen LogP contribution in [0.3, 0.4) is 0 Å². The standard InChI is InChI=1S/C26H38F2N4O2/c1-18(33)31-23(12-19-10-21(27)13-22(28)11-19)24(34)15-29-26(8-6-5-7-9-26)20-14-30-32(16-20)17-25(2,3)4/h10-11,13-14,16,23-24,29,34H,5-9,12,15,17H2,1-4H3,(H,31,33)/t23-,24+/m0/s1. The summed E-state index contributed by atoms with van der Waals surface area (Å²) in [5.74, 6) is -1.67. The molecule has 1 saturated carbocycles. The third-order valence-corrected chi connectivity index (χ3v) is 6.41. The minimum Gasteiger partial charge on any atom is -0.390 e. The number of hydrogen-bond acceptors (Lipinski definition) is 4. The van der Waals surface area contributed by atoms with Crippen molar-refractivity contribution in [2.45, 2.75) is 90.4 Å². The highest BCUT2D eigenvalue weighted by Crippen LogP contribution is 2.37. The molecule has 0 unspecified atom stereocenters. The molecule has 0 saturated heterocycles. The van der Waals surface area contributed by atoms with Crippen LogP contribution in [-0.2, 0) is 23.3 Å². The normalized spacial score (nSPS) is 17.9. The predicted molar refractivity (Wildman–Crippen MR) is 128 cm³/mol. The van der Waals surface area contributed by atoms with Crippen molar-refractivity contribution < 1.29 is 18.7 Å². The second kappa shape index (κ2) is 11.0. The van der Waals surface area contributed by atoms with Gasteiger partial charge in [-0.1, -0.05) is 40.0 Å². The van der Waals surface area contributed by atoms with Crippen LogP contribution in [0.2, 0.25) is 0 Å². The van der Waals surface area contributed by atoms with Gasteiger partial charge in [0.05, 0.1) is 18.3 Å². The maximum Gasteiger partial charge on any atom is 0.217 e. The van der Waals surface area contributed by atoms with E-state index in [1.807, 2.05) is 10.9 Å². The van der Waals surface area contributed by atoms with Crippen LogP contribution in [0.4, 0.5) is 8.78 Å². The summed E-state index contributed by atoms with van der Waals surface area (Å²) in [6, 6.07) is 2.58. The summed E-state index contributed by atoms with van der Waals surface area (Å²) in [7, 11) is 0. The molecule has 0 aliphatic heterocycles. The van der Waals surface area contributed by atoms with Gasteiger partial charge in [0.1, 0.15) is 11.6 Å². The minimum absolute atomic E-state index is 0.106. The van der Waals surface area contributed by atoms with Crippen molar-refractivity contribution in [3.8, 4) is 0 Å². The van der Waals surface area contributed by atoms with Crippen LogP contribution in [0, 0.1) is 17.0 Å². The molecule has 8 heteroatoms. The first-order valence-corrected chi connectivity index (χ1v) is 12.1. The molecule has 3 N–H and O–H groups in total. The third-order valence-electron chi connectivity index (χ3n) is 6.41. The summed E-state index contributed by atoms with van der Waals surface area (Å²) < 4.78 is 29.3. The molecule has 188 valence electrons. The van der Waals surface area contributed by atoms with Crippen molar-refractivity contribution in [1.29, 1.82) is 0 Å². The Labute approximate surface area is 201 Å². The van der Waals surface area contributed by atoms with E-state index in [1.54, 1.807) is 0 Å². The number of nitrogens with zero attached hydrogens (tertiary/aromatic N) is 2. The van der Waals surface area contributed by atoms with E-state index < -0.39 is 23.8 Å². The second-order valence-corrected chi connectivity index (χ2v) is 10.9. The fourth-order valence-corrected chi connectivity index (χ4v) is 4.88. The topological polar surface area (TPSA) is 79.2 Å². The molecule has 3 rings (SSSR count). The van der Waals surface area contributed by atoms with Gasteiger partial charge in [-0.25, -0.2) is 8.78 Å². The fraction of sp³-hybridized carbons (Fsp3) is 0.615. The first kappa shape index (κ1) is 26.3. The van der Waals surface area contributed by atoms with Crippen molar-refractivity contribution >= 4 is 5.91 Å². The van der Waals surface area contributed by atoms with Gasteiger partial charge in [-0.3, -0.25) is 9.48 Å². The smallest absolute Gasteiger partial charge is 0.217 e. The van der Waals surface area contributed by atoms with Crippen LogP contribution >= 0.6 is 0 Å². The number of carbonyl (C=O) groups is 1. The molecular weight excluding hydrogens is 438 g/mol. The molecular formula is C26H38F2N4O2. The number of benzene rings is 1. The highest BCUT2D eigenvalue weighted by molar-refractivity contribution is 5.73. The van der Waals surface area contributed by atoms with E-state index in [1.165, 1.54) is 25.5 Å². The van der Waals surface area contributed by atoms with Gasteiger partial charge >= 0.3 is 0 Å². The molecule has 1 aliphatic carbocycles. The molecule has 1 amide bonds. The van der Waals surface area contributed by atoms with Gasteiger partial charge < -0.3 is 15.7 Å². The average molecular weight is 477 g/mol. The Balaban J connectivity index is 1.75. The van der Waals surface area contributed by atoms with E-state index in [4.69, 9.17) is 0 Å². The van der Waals surface area contributed by atoms with Gasteiger partial charge in [0, 0.05) is 43.4 Å². The predicted octanol–water partition coefficient (Wildman–Crippen LogP) is 4.06. The molecule has 1 heterocycles. The lowest BCUT2D eigenvalue weighted by atomic mass is 9.77. The first-order valence-electron chi connectivity index (χ1n) is 12.1. The molecule has 1 fully saturated rings. The highest BCUT2D eigenvalue weighted by Gasteiger charge is 2.36. The highest BCUT2D eigenvalue weighted by atomic mass is 19.1. The van der Waals surface area contributed by atoms with Crippen molar-refractivity contribution in [3.63, 3.8) is 0 Å². The molecule has 0 bridgehead atoms. The maximum absolute atomic E-state index is 13.7. The van der Waals surface area contributed by atoms with Crippen LogP contribution in [0.15, 0.2) is 30.6 Å². The zero-order chi connectivity index (χ0) is 24.9. The summed E-state index contributed by atoms with van der Waals surface area (Å²) in [6.45, 7) is 8.92. The number of nitrogens with one attached hydrogen (secondary N) is 2. The van der Waals surface area contributed by atoms with Crippen molar-refractivity contribution in [2.75, 3.05) is 6.54 Å². The number of halogens is 2. The Hall–Kier alpha value is -2.32. The zero-order valence-corrected chi connectivity index (χ0v) is 20.7. The number of amides is 1. The van der Waals surface area contributed by atoms with Gasteiger partial charge in [-0.2, -0.15) is 5.10 Å². The number of rotatable bonds is 9. The van der Waals surface area contributed by atoms with E-state index >= 15 is 0 Å². The van der Waals surface area contributed by atoms with Crippen molar-refractivity contribution in [3.05, 3.63) is 53.4 Å². The van der Waals surface area contributed by atoms with Crippen LogP contribution in [0.1, 0.15) is 70.9 Å². The maximum atomic E-state index is 13.7. The van der Waals surface area contributed by atoms with E-state index in [2.05, 4.69) is 42.7 Å². The molecule has 6 nitrogen and oxygen atoms in total. The van der Waals surface area contributed by atoms with Crippen LogP contribution in [-0.4, -0.2) is 39.5 Å². The monoisotopic (exact) mass is 476 g/mol. The van der Waals surface area contributed by atoms with Crippen molar-refractivity contribution in [1.82, 2.24) is 20.4 Å². The average Bonchev–Trinajstić information content (AvgIpc) is 3.18. The van der Waals surface area contributed by atoms with Gasteiger partial charge in [0.15, 0.2) is 0 Å². The quantitative estimate of drug-likeness (QED) is 0.510. The molecule has 34 heavy (non-hydrogen) atoms. The van der Waals surface area contributed by atoms with E-state index in [0.29, 0.717) is 5.56 Å². The second-order valence-electron chi connectivity index (χ2n) is 10.9. The number of aliphatic hydroxyl groups is 1. The Morgan fingerprint density at radius 3 is 2.41 bits per heavy atom. The van der Waals surface area contributed by atoms with E-state index in [-0.39, 0.29) is 29.8 Å². The van der Waals surface area contributed by atoms with Gasteiger partial charge in [-0.05, 0) is 42.4 Å². The molecule has 0 spiro atoms. The van der Waals surface area contributed by atoms with E-state index in [9.17, 15) is 18.7 Å². The van der Waals surface area contributed by atoms with Gasteiger partial charge in [0.2, 0.25) is 5.91 Å². The Morgan fingerprint density at radius 2 is 1.82 bits per heavy atom. The SMILES string of the molecule is CC(=O)N[C@@H](Cc1cc(F)cc(F)c1)[C@H](O)CNC1(c2cnn(CC(C)(C)C)c2)CCCCC1. The fourth-order valence-electron chi connectivity index (χ4n) is 4.88. The first-order chi connectivity index (χ1) is 16.0. The van der Waals surface area contributed by atoms with E-state index in [0.717, 1.165) is 43.9 Å². The summed E-state index contributed by atoms with van der Waals surface area (Å²) >= 11 is 0. The van der Waals surface area contributed by atoms with Crippen LogP contribution < -0.4 is 10.6 Å². The molecule has 2 aromatic rings. The zero-order valence-electron chi connectivity index (χ0n) is 20.7. The molecule has 1 aliphatic rings. The Kier molecular flexibility index (Phi) is 8.47. The summed E-state index contributed by atoms with van der Waals surface area (Å²) in [5, 5.41) is 21.9. The number of aromatic nitrogens is 2. The van der Waals surface area contributed by atoms with Crippen LogP contribution in [0.5, 0.6) is 0 Å². The Bertz CT molecular complexity index is 944. The molecule has 0 radical (unpaired) electrons.